The van der Waals surface area contributed by atoms with Gasteiger partial charge in [0.2, 0.25) is 17.7 Å². The van der Waals surface area contributed by atoms with Crippen LogP contribution in [0.25, 0.3) is 0 Å². The van der Waals surface area contributed by atoms with E-state index in [1.807, 2.05) is 19.1 Å². The lowest BCUT2D eigenvalue weighted by Crippen LogP contribution is -2.33. The first-order chi connectivity index (χ1) is 20.0. The summed E-state index contributed by atoms with van der Waals surface area (Å²) in [5.41, 5.74) is 0.964. The van der Waals surface area contributed by atoms with Gasteiger partial charge in [-0.15, -0.1) is 0 Å². The highest BCUT2D eigenvalue weighted by Crippen LogP contribution is 2.54. The highest BCUT2D eigenvalue weighted by atomic mass is 32.2. The number of thioether (sulfide) groups is 1. The van der Waals surface area contributed by atoms with Crippen molar-refractivity contribution in [1.29, 1.82) is 0 Å². The molecule has 0 bridgehead atoms. The van der Waals surface area contributed by atoms with Crippen LogP contribution in [-0.4, -0.2) is 32.5 Å². The third-order valence-electron chi connectivity index (χ3n) is 7.16. The summed E-state index contributed by atoms with van der Waals surface area (Å²) >= 11 is 1.86. The minimum absolute atomic E-state index is 0.182. The van der Waals surface area contributed by atoms with Gasteiger partial charge in [0.05, 0.1) is 22.2 Å². The number of benzene rings is 2. The Kier molecular flexibility index (Phi) is 7.01. The van der Waals surface area contributed by atoms with Crippen molar-refractivity contribution in [2.75, 3.05) is 10.2 Å². The lowest BCUT2D eigenvalue weighted by molar-refractivity contribution is -0.137. The molecule has 2 aliphatic rings. The molecule has 3 atom stereocenters. The van der Waals surface area contributed by atoms with E-state index in [0.717, 1.165) is 51.8 Å². The molecule has 4 aromatic rings. The fraction of sp³-hybridized carbons (Fsp3) is 0.207. The average Bonchev–Trinajstić information content (AvgIpc) is 3.40. The van der Waals surface area contributed by atoms with Crippen molar-refractivity contribution < 1.29 is 27.6 Å². The summed E-state index contributed by atoms with van der Waals surface area (Å²) in [5.74, 6) is -3.58. The largest absolute Gasteiger partial charge is 0.416 e. The number of fused-ring (bicyclic) bond motifs is 2. The maximum absolute atomic E-state index is 13.8. The van der Waals surface area contributed by atoms with E-state index in [-0.39, 0.29) is 12.2 Å². The zero-order valence-electron chi connectivity index (χ0n) is 21.8. The fourth-order valence-electron chi connectivity index (χ4n) is 5.23. The molecule has 0 spiro atoms. The zero-order chi connectivity index (χ0) is 29.8. The monoisotopic (exact) mass is 610 g/mol. The van der Waals surface area contributed by atoms with Crippen LogP contribution in [0.5, 0.6) is 0 Å². The number of nitrogens with zero attached hydrogens (tertiary/aromatic N) is 3. The van der Waals surface area contributed by atoms with E-state index in [1.165, 1.54) is 16.8 Å². The molecule has 4 heterocycles. The number of carbonyl (C=O) groups is 3. The SMILES string of the molecule is Cc1ccc(NC(=O)Cn2c3c(sc2=O)[C@@H](c2cccnc2)[C@@H]2C(=O)N(c4cccc(C(F)(F)F)c4)C(=O)[C@@H]2S3)cc1. The lowest BCUT2D eigenvalue weighted by Gasteiger charge is -2.30. The smallest absolute Gasteiger partial charge is 0.325 e. The van der Waals surface area contributed by atoms with Crippen molar-refractivity contribution in [3.63, 3.8) is 0 Å². The van der Waals surface area contributed by atoms with Gasteiger partial charge in [-0.3, -0.25) is 28.7 Å². The Balaban J connectivity index is 1.39. The number of thiazole rings is 1. The van der Waals surface area contributed by atoms with Crippen LogP contribution in [0.15, 0.2) is 82.9 Å². The van der Waals surface area contributed by atoms with E-state index in [2.05, 4.69) is 10.3 Å². The van der Waals surface area contributed by atoms with Crippen LogP contribution in [-0.2, 0) is 27.1 Å². The van der Waals surface area contributed by atoms with Gasteiger partial charge in [0, 0.05) is 28.9 Å². The molecule has 42 heavy (non-hydrogen) atoms. The highest BCUT2D eigenvalue weighted by Gasteiger charge is 2.57. The number of halogens is 3. The summed E-state index contributed by atoms with van der Waals surface area (Å²) in [6, 6.07) is 14.6. The van der Waals surface area contributed by atoms with Crippen LogP contribution in [0.2, 0.25) is 0 Å². The van der Waals surface area contributed by atoms with Crippen molar-refractivity contribution in [3.8, 4) is 0 Å². The Morgan fingerprint density at radius 2 is 1.79 bits per heavy atom. The molecule has 13 heteroatoms. The molecule has 2 aromatic heterocycles. The standard InChI is InChI=1S/C29H21F3N4O4S2/c1-15-7-9-18(10-8-15)34-20(37)14-35-27-24(42-28(35)40)21(16-4-3-11-33-13-16)22-23(41-27)26(39)36(25(22)38)19-6-2-5-17(12-19)29(30,31)32/h2-13,21-23H,14H2,1H3,(H,34,37)/t21-,22-,23+/m0/s1. The number of aryl methyl sites for hydroxylation is 1. The fourth-order valence-corrected chi connectivity index (χ4v) is 8.00. The molecule has 1 fully saturated rings. The van der Waals surface area contributed by atoms with E-state index in [0.29, 0.717) is 21.2 Å². The second-order valence-corrected chi connectivity index (χ2v) is 12.0. The minimum Gasteiger partial charge on any atom is -0.325 e. The van der Waals surface area contributed by atoms with Gasteiger partial charge in [-0.2, -0.15) is 13.2 Å². The molecular weight excluding hydrogens is 589 g/mol. The average molecular weight is 611 g/mol. The number of amides is 3. The predicted octanol–water partition coefficient (Wildman–Crippen LogP) is 5.07. The molecule has 0 saturated carbocycles. The summed E-state index contributed by atoms with van der Waals surface area (Å²) < 4.78 is 41.6. The summed E-state index contributed by atoms with van der Waals surface area (Å²) in [7, 11) is 0. The maximum atomic E-state index is 13.8. The first kappa shape index (κ1) is 27.9. The number of alkyl halides is 3. The predicted molar refractivity (Wildman–Crippen MR) is 152 cm³/mol. The van der Waals surface area contributed by atoms with Crippen molar-refractivity contribution in [1.82, 2.24) is 9.55 Å². The van der Waals surface area contributed by atoms with Gasteiger partial charge in [-0.1, -0.05) is 52.9 Å². The molecule has 3 amide bonds. The van der Waals surface area contributed by atoms with Crippen LogP contribution in [0.4, 0.5) is 24.5 Å². The third-order valence-corrected chi connectivity index (χ3v) is 9.77. The van der Waals surface area contributed by atoms with Gasteiger partial charge < -0.3 is 5.32 Å². The third kappa shape index (κ3) is 4.92. The highest BCUT2D eigenvalue weighted by molar-refractivity contribution is 8.00. The van der Waals surface area contributed by atoms with Gasteiger partial charge in [-0.25, -0.2) is 4.90 Å². The van der Waals surface area contributed by atoms with Gasteiger partial charge >= 0.3 is 11.0 Å². The number of anilines is 2. The van der Waals surface area contributed by atoms with E-state index in [1.54, 1.807) is 30.5 Å². The molecule has 1 N–H and O–H groups in total. The van der Waals surface area contributed by atoms with E-state index >= 15 is 0 Å². The van der Waals surface area contributed by atoms with Crippen LogP contribution in [0.1, 0.15) is 27.5 Å². The molecule has 0 aliphatic carbocycles. The molecule has 214 valence electrons. The number of nitrogens with one attached hydrogen (secondary N) is 1. The quantitative estimate of drug-likeness (QED) is 0.317. The Hall–Kier alpha value is -4.23. The second-order valence-electron chi connectivity index (χ2n) is 9.93. The first-order valence-electron chi connectivity index (χ1n) is 12.7. The van der Waals surface area contributed by atoms with Gasteiger partial charge in [-0.05, 0) is 48.9 Å². The van der Waals surface area contributed by atoms with Crippen LogP contribution in [0.3, 0.4) is 0 Å². The Morgan fingerprint density at radius 3 is 2.48 bits per heavy atom. The Morgan fingerprint density at radius 1 is 1.02 bits per heavy atom. The molecule has 0 radical (unpaired) electrons. The van der Waals surface area contributed by atoms with Crippen LogP contribution < -0.4 is 15.1 Å². The summed E-state index contributed by atoms with van der Waals surface area (Å²) in [6.07, 6.45) is -1.59. The summed E-state index contributed by atoms with van der Waals surface area (Å²) in [6.45, 7) is 1.58. The molecule has 0 unspecified atom stereocenters. The molecule has 2 aromatic carbocycles. The summed E-state index contributed by atoms with van der Waals surface area (Å²) in [5, 5.41) is 2.09. The summed E-state index contributed by atoms with van der Waals surface area (Å²) in [4.78, 5) is 58.7. The van der Waals surface area contributed by atoms with Crippen molar-refractivity contribution in [2.24, 2.45) is 5.92 Å². The van der Waals surface area contributed by atoms with Crippen molar-refractivity contribution >= 4 is 52.2 Å². The van der Waals surface area contributed by atoms with Crippen molar-refractivity contribution in [3.05, 3.63) is 104 Å². The minimum atomic E-state index is -4.67. The van der Waals surface area contributed by atoms with Gasteiger partial charge in [0.1, 0.15) is 11.8 Å². The van der Waals surface area contributed by atoms with Crippen LogP contribution in [0, 0.1) is 12.8 Å². The number of carbonyl (C=O) groups excluding carboxylic acids is 3. The zero-order valence-corrected chi connectivity index (χ0v) is 23.4. The maximum Gasteiger partial charge on any atom is 0.416 e. The second kappa shape index (κ2) is 10.6. The van der Waals surface area contributed by atoms with E-state index < -0.39 is 51.4 Å². The van der Waals surface area contributed by atoms with Gasteiger partial charge in [0.15, 0.2) is 0 Å². The van der Waals surface area contributed by atoms with Gasteiger partial charge in [0.25, 0.3) is 0 Å². The van der Waals surface area contributed by atoms with E-state index in [9.17, 15) is 32.3 Å². The van der Waals surface area contributed by atoms with Crippen LogP contribution >= 0.6 is 23.1 Å². The normalized spacial score (nSPS) is 19.9. The number of imide groups is 1. The van der Waals surface area contributed by atoms with Crippen molar-refractivity contribution in [2.45, 2.75) is 35.8 Å². The molecule has 6 rings (SSSR count). The first-order valence-corrected chi connectivity index (χ1v) is 14.4. The number of aromatic nitrogens is 2. The molecule has 2 aliphatic heterocycles. The Bertz CT molecular complexity index is 1770. The Labute approximate surface area is 245 Å². The molecule has 1 saturated heterocycles. The number of hydrogen-bond acceptors (Lipinski definition) is 7. The topological polar surface area (TPSA) is 101 Å². The number of hydrogen-bond donors (Lipinski definition) is 1. The number of pyridine rings is 1. The van der Waals surface area contributed by atoms with E-state index in [4.69, 9.17) is 0 Å². The number of rotatable bonds is 5. The lowest BCUT2D eigenvalue weighted by atomic mass is 9.84. The molecular formula is C29H21F3N4O4S2. The molecule has 8 nitrogen and oxygen atoms in total.